The van der Waals surface area contributed by atoms with Crippen LogP contribution in [-0.2, 0) is 0 Å². The molecule has 1 N–H and O–H groups in total. The van der Waals surface area contributed by atoms with Crippen molar-refractivity contribution in [1.82, 2.24) is 5.73 Å². The lowest BCUT2D eigenvalue weighted by Gasteiger charge is -2.03. The maximum atomic E-state index is 9.12. The quantitative estimate of drug-likeness (QED) is 0.623. The summed E-state index contributed by atoms with van der Waals surface area (Å²) < 4.78 is 0. The summed E-state index contributed by atoms with van der Waals surface area (Å²) in [5.41, 5.74) is 9.62. The van der Waals surface area contributed by atoms with Gasteiger partial charge in [-0.1, -0.05) is 18.2 Å². The van der Waals surface area contributed by atoms with E-state index in [0.29, 0.717) is 5.56 Å². The molecule has 1 rings (SSSR count). The minimum atomic E-state index is -0.596. The number of hydrogen-bond donors (Lipinski definition) is 1. The number of aromatic hydroxyl groups is 1. The third-order valence-corrected chi connectivity index (χ3v) is 1.39. The van der Waals surface area contributed by atoms with Crippen molar-refractivity contribution >= 4 is 0 Å². The number of hydrogen-bond acceptors (Lipinski definition) is 1. The summed E-state index contributed by atoms with van der Waals surface area (Å²) in [4.78, 5) is 0. The molecule has 52 valence electrons. The summed E-state index contributed by atoms with van der Waals surface area (Å²) in [5.74, 6) is 0.150. The lowest BCUT2D eigenvalue weighted by molar-refractivity contribution is 0.463. The molecule has 0 aliphatic rings. The zero-order valence-corrected chi connectivity index (χ0v) is 5.78. The fourth-order valence-electron chi connectivity index (χ4n) is 0.841. The Labute approximate surface area is 60.3 Å². The normalized spacial score (nSPS) is 13.0. The molecule has 0 amide bonds. The summed E-state index contributed by atoms with van der Waals surface area (Å²) in [6.45, 7) is 1.62. The van der Waals surface area contributed by atoms with Crippen LogP contribution in [0.25, 0.3) is 0 Å². The zero-order chi connectivity index (χ0) is 7.56. The van der Waals surface area contributed by atoms with Crippen LogP contribution in [0.1, 0.15) is 18.5 Å². The Morgan fingerprint density at radius 1 is 1.40 bits per heavy atom. The summed E-state index contributed by atoms with van der Waals surface area (Å²) in [7, 11) is 0. The Balaban J connectivity index is 3.03. The average molecular weight is 135 g/mol. The second kappa shape index (κ2) is 2.71. The highest BCUT2D eigenvalue weighted by molar-refractivity contribution is 5.33. The Bertz CT molecular complexity index is 220. The summed E-state index contributed by atoms with van der Waals surface area (Å²) >= 11 is 0. The fraction of sp³-hybridized carbons (Fsp3) is 0.250. The second-order valence-corrected chi connectivity index (χ2v) is 2.23. The highest BCUT2D eigenvalue weighted by atomic mass is 16.3. The van der Waals surface area contributed by atoms with Crippen LogP contribution in [0, 0.1) is 0 Å². The predicted octanol–water partition coefficient (Wildman–Crippen LogP) is 1.52. The topological polar surface area (TPSA) is 42.5 Å². The standard InChI is InChI=1S/C8H9NO/c1-6(9)7-4-2-3-5-8(7)10/h2-6,10H,1H3. The minimum absolute atomic E-state index is 0.150. The van der Waals surface area contributed by atoms with Crippen LogP contribution in [-0.4, -0.2) is 5.11 Å². The third-order valence-electron chi connectivity index (χ3n) is 1.39. The first-order valence-electron chi connectivity index (χ1n) is 3.18. The summed E-state index contributed by atoms with van der Waals surface area (Å²) in [6, 6.07) is 6.16. The molecule has 0 aromatic heterocycles. The van der Waals surface area contributed by atoms with Crippen molar-refractivity contribution in [3.05, 3.63) is 29.8 Å². The van der Waals surface area contributed by atoms with Gasteiger partial charge in [-0.15, -0.1) is 5.73 Å². The van der Waals surface area contributed by atoms with Gasteiger partial charge in [0.25, 0.3) is 0 Å². The van der Waals surface area contributed by atoms with E-state index in [1.165, 1.54) is 0 Å². The number of phenols is 1. The molecule has 10 heavy (non-hydrogen) atoms. The van der Waals surface area contributed by atoms with Crippen LogP contribution in [0.4, 0.5) is 0 Å². The van der Waals surface area contributed by atoms with Crippen molar-refractivity contribution in [1.29, 1.82) is 0 Å². The maximum absolute atomic E-state index is 9.12. The smallest absolute Gasteiger partial charge is 0.120 e. The van der Waals surface area contributed by atoms with Crippen LogP contribution in [0.3, 0.4) is 0 Å². The fourth-order valence-corrected chi connectivity index (χ4v) is 0.841. The van der Waals surface area contributed by atoms with Crippen molar-refractivity contribution in [3.63, 3.8) is 0 Å². The van der Waals surface area contributed by atoms with Gasteiger partial charge in [0.15, 0.2) is 0 Å². The largest absolute Gasteiger partial charge is 0.508 e. The Kier molecular flexibility index (Phi) is 1.92. The zero-order valence-electron chi connectivity index (χ0n) is 5.78. The van der Waals surface area contributed by atoms with Crippen LogP contribution >= 0.6 is 0 Å². The first-order valence-corrected chi connectivity index (χ1v) is 3.18. The van der Waals surface area contributed by atoms with Gasteiger partial charge >= 0.3 is 0 Å². The second-order valence-electron chi connectivity index (χ2n) is 2.23. The van der Waals surface area contributed by atoms with E-state index in [-0.39, 0.29) is 5.75 Å². The Morgan fingerprint density at radius 3 is 2.40 bits per heavy atom. The highest BCUT2D eigenvalue weighted by Crippen LogP contribution is 2.21. The molecule has 1 atom stereocenters. The number of nitrogens with zero attached hydrogens (tertiary/aromatic N) is 1. The van der Waals surface area contributed by atoms with Gasteiger partial charge in [0, 0.05) is 5.56 Å². The molecule has 1 unspecified atom stereocenters. The van der Waals surface area contributed by atoms with E-state index < -0.39 is 6.04 Å². The van der Waals surface area contributed by atoms with Crippen LogP contribution in [0.15, 0.2) is 24.3 Å². The molecule has 2 heteroatoms. The lowest BCUT2D eigenvalue weighted by Crippen LogP contribution is -1.92. The molecule has 0 bridgehead atoms. The molecular formula is C8H9NO. The first kappa shape index (κ1) is 7.09. The van der Waals surface area contributed by atoms with Crippen molar-refractivity contribution in [2.24, 2.45) is 0 Å². The molecule has 2 nitrogen and oxygen atoms in total. The Hall–Kier alpha value is -1.02. The molecule has 1 aromatic rings. The van der Waals surface area contributed by atoms with Gasteiger partial charge in [-0.05, 0) is 13.0 Å². The number of phenolic OH excluding ortho intramolecular Hbond substituents is 1. The van der Waals surface area contributed by atoms with Gasteiger partial charge < -0.3 is 5.11 Å². The van der Waals surface area contributed by atoms with Gasteiger partial charge in [0.1, 0.15) is 5.75 Å². The maximum Gasteiger partial charge on any atom is 0.120 e. The van der Waals surface area contributed by atoms with Gasteiger partial charge in [0.2, 0.25) is 0 Å². The van der Waals surface area contributed by atoms with Crippen molar-refractivity contribution in [2.45, 2.75) is 13.0 Å². The van der Waals surface area contributed by atoms with Gasteiger partial charge in [0.05, 0.1) is 6.04 Å². The molecular weight excluding hydrogens is 126 g/mol. The first-order chi connectivity index (χ1) is 4.72. The molecule has 1 aromatic carbocycles. The van der Waals surface area contributed by atoms with E-state index in [1.54, 1.807) is 31.2 Å². The van der Waals surface area contributed by atoms with Crippen molar-refractivity contribution < 1.29 is 5.11 Å². The molecule has 0 saturated heterocycles. The molecule has 0 spiro atoms. The molecule has 0 aliphatic carbocycles. The monoisotopic (exact) mass is 135 g/mol. The third kappa shape index (κ3) is 1.28. The highest BCUT2D eigenvalue weighted by Gasteiger charge is 2.04. The molecule has 0 aliphatic heterocycles. The van der Waals surface area contributed by atoms with Crippen LogP contribution < -0.4 is 5.73 Å². The average Bonchev–Trinajstić information content (AvgIpc) is 1.88. The van der Waals surface area contributed by atoms with E-state index in [0.717, 1.165) is 0 Å². The summed E-state index contributed by atoms with van der Waals surface area (Å²) in [6.07, 6.45) is 0. The molecule has 2 radical (unpaired) electrons. The summed E-state index contributed by atoms with van der Waals surface area (Å²) in [5, 5.41) is 9.12. The van der Waals surface area contributed by atoms with Gasteiger partial charge in [-0.2, -0.15) is 0 Å². The number of benzene rings is 1. The van der Waals surface area contributed by atoms with E-state index in [4.69, 9.17) is 10.8 Å². The van der Waals surface area contributed by atoms with Gasteiger partial charge in [-0.3, -0.25) is 0 Å². The number of para-hydroxylation sites is 1. The number of rotatable bonds is 1. The minimum Gasteiger partial charge on any atom is -0.508 e. The van der Waals surface area contributed by atoms with Crippen LogP contribution in [0.2, 0.25) is 0 Å². The van der Waals surface area contributed by atoms with Gasteiger partial charge in [-0.25, -0.2) is 0 Å². The van der Waals surface area contributed by atoms with E-state index in [1.807, 2.05) is 0 Å². The SMILES string of the molecule is CC([N])c1ccccc1O. The van der Waals surface area contributed by atoms with E-state index >= 15 is 0 Å². The van der Waals surface area contributed by atoms with Crippen molar-refractivity contribution in [2.75, 3.05) is 0 Å². The molecule has 0 saturated carbocycles. The van der Waals surface area contributed by atoms with Crippen LogP contribution in [0.5, 0.6) is 5.75 Å². The lowest BCUT2D eigenvalue weighted by atomic mass is 10.1. The van der Waals surface area contributed by atoms with E-state index in [2.05, 4.69) is 0 Å². The Morgan fingerprint density at radius 2 is 2.00 bits per heavy atom. The predicted molar refractivity (Wildman–Crippen MR) is 38.7 cm³/mol. The van der Waals surface area contributed by atoms with Crippen molar-refractivity contribution in [3.8, 4) is 5.75 Å². The molecule has 0 heterocycles. The molecule has 0 fully saturated rings. The van der Waals surface area contributed by atoms with E-state index in [9.17, 15) is 0 Å².